The van der Waals surface area contributed by atoms with Gasteiger partial charge in [0, 0.05) is 6.54 Å². The van der Waals surface area contributed by atoms with Crippen molar-refractivity contribution in [3.8, 4) is 0 Å². The van der Waals surface area contributed by atoms with Gasteiger partial charge in [-0.15, -0.1) is 5.10 Å². The number of hydrogen-bond acceptors (Lipinski definition) is 5. The fraction of sp³-hybridized carbons (Fsp3) is 0.750. The van der Waals surface area contributed by atoms with E-state index in [1.807, 2.05) is 6.92 Å². The van der Waals surface area contributed by atoms with Crippen LogP contribution >= 0.6 is 15.9 Å². The van der Waals surface area contributed by atoms with Crippen molar-refractivity contribution in [1.82, 2.24) is 20.3 Å². The van der Waals surface area contributed by atoms with E-state index in [4.69, 9.17) is 4.74 Å². The van der Waals surface area contributed by atoms with Crippen LogP contribution < -0.4 is 5.32 Å². The Bertz CT molecular complexity index is 527. The van der Waals surface area contributed by atoms with E-state index in [9.17, 15) is 9.90 Å². The molecule has 3 heterocycles. The number of nitrogens with one attached hydrogen (secondary N) is 1. The molecule has 110 valence electrons. The molecule has 3 aliphatic rings. The number of aliphatic hydroxyl groups excluding tert-OH is 1. The number of nitrogens with zero attached hydrogens (tertiary/aromatic N) is 3. The van der Waals surface area contributed by atoms with E-state index in [2.05, 4.69) is 31.6 Å². The van der Waals surface area contributed by atoms with Crippen LogP contribution in [0.3, 0.4) is 0 Å². The summed E-state index contributed by atoms with van der Waals surface area (Å²) in [6.07, 6.45) is 2.83. The lowest BCUT2D eigenvalue weighted by Crippen LogP contribution is -2.55. The Labute approximate surface area is 124 Å². The molecule has 1 aromatic rings. The quantitative estimate of drug-likeness (QED) is 0.789. The molecule has 3 fully saturated rings. The van der Waals surface area contributed by atoms with Gasteiger partial charge < -0.3 is 15.2 Å². The number of aliphatic hydroxyl groups is 1. The first-order chi connectivity index (χ1) is 9.50. The second-order valence-corrected chi connectivity index (χ2v) is 6.48. The van der Waals surface area contributed by atoms with Crippen molar-refractivity contribution in [1.29, 1.82) is 0 Å². The number of fused-ring (bicyclic) bond motifs is 1. The summed E-state index contributed by atoms with van der Waals surface area (Å²) in [6.45, 7) is 2.95. The van der Waals surface area contributed by atoms with Crippen LogP contribution in [0.5, 0.6) is 0 Å². The van der Waals surface area contributed by atoms with Gasteiger partial charge in [0.25, 0.3) is 0 Å². The third-order valence-electron chi connectivity index (χ3n) is 4.36. The molecule has 20 heavy (non-hydrogen) atoms. The summed E-state index contributed by atoms with van der Waals surface area (Å²) in [5.41, 5.74) is -0.945. The number of amides is 1. The lowest BCUT2D eigenvalue weighted by atomic mass is 9.60. The molecule has 1 aromatic heterocycles. The number of rotatable bonds is 5. The van der Waals surface area contributed by atoms with E-state index in [-0.39, 0.29) is 18.6 Å². The molecular formula is C12H17BrN4O3. The van der Waals surface area contributed by atoms with Crippen LogP contribution in [0.4, 0.5) is 0 Å². The van der Waals surface area contributed by atoms with Crippen LogP contribution in [-0.2, 0) is 16.1 Å². The fourth-order valence-corrected chi connectivity index (χ4v) is 3.60. The van der Waals surface area contributed by atoms with Crippen molar-refractivity contribution in [2.75, 3.05) is 13.2 Å². The van der Waals surface area contributed by atoms with E-state index in [0.717, 1.165) is 0 Å². The smallest absolute Gasteiger partial charge is 0.229 e. The van der Waals surface area contributed by atoms with Gasteiger partial charge in [-0.3, -0.25) is 4.79 Å². The maximum Gasteiger partial charge on any atom is 0.229 e. The Balaban J connectivity index is 1.53. The largest absolute Gasteiger partial charge is 0.393 e. The maximum atomic E-state index is 12.3. The summed E-state index contributed by atoms with van der Waals surface area (Å²) in [5.74, 6) is 0.00533. The van der Waals surface area contributed by atoms with Crippen LogP contribution in [0.15, 0.2) is 10.8 Å². The van der Waals surface area contributed by atoms with Crippen molar-refractivity contribution in [2.24, 2.45) is 5.41 Å². The van der Waals surface area contributed by atoms with Gasteiger partial charge in [-0.2, -0.15) is 0 Å². The number of hydrogen-bond donors (Lipinski definition) is 2. The molecule has 1 aliphatic carbocycles. The summed E-state index contributed by atoms with van der Waals surface area (Å²) < 4.78 is 8.06. The van der Waals surface area contributed by atoms with E-state index in [0.29, 0.717) is 30.5 Å². The zero-order valence-corrected chi connectivity index (χ0v) is 12.8. The molecule has 2 N–H and O–H groups in total. The van der Waals surface area contributed by atoms with Gasteiger partial charge >= 0.3 is 0 Å². The summed E-state index contributed by atoms with van der Waals surface area (Å²) in [6, 6.07) is 0. The minimum absolute atomic E-state index is 0.00533. The van der Waals surface area contributed by atoms with Crippen molar-refractivity contribution < 1.29 is 14.6 Å². The lowest BCUT2D eigenvalue weighted by molar-refractivity contribution is -0.138. The van der Waals surface area contributed by atoms with Crippen molar-refractivity contribution >= 4 is 21.8 Å². The van der Waals surface area contributed by atoms with Crippen molar-refractivity contribution in [2.45, 2.75) is 38.0 Å². The molecule has 8 heteroatoms. The highest BCUT2D eigenvalue weighted by atomic mass is 79.9. The topological polar surface area (TPSA) is 89.3 Å². The highest BCUT2D eigenvalue weighted by Gasteiger charge is 2.69. The SMILES string of the molecule is CC1OC2(CO)CC1(C(=O)NCCn1cc(Br)nn1)C2. The van der Waals surface area contributed by atoms with Crippen LogP contribution in [0.2, 0.25) is 0 Å². The number of carbonyl (C=O) groups is 1. The highest BCUT2D eigenvalue weighted by molar-refractivity contribution is 9.10. The first-order valence-electron chi connectivity index (χ1n) is 6.62. The maximum absolute atomic E-state index is 12.3. The summed E-state index contributed by atoms with van der Waals surface area (Å²) >= 11 is 3.22. The minimum atomic E-state index is -0.479. The Morgan fingerprint density at radius 3 is 3.00 bits per heavy atom. The predicted octanol–water partition coefficient (Wildman–Crippen LogP) is 0.0868. The Hall–Kier alpha value is -0.990. The Morgan fingerprint density at radius 2 is 2.45 bits per heavy atom. The standard InChI is InChI=1S/C12H17BrN4O3/c1-8-12(5-11(6-12,7-18)20-8)10(19)14-2-3-17-4-9(13)15-16-17/h4,8,18H,2-3,5-7H2,1H3,(H,14,19). The third-order valence-corrected chi connectivity index (χ3v) is 4.72. The summed E-state index contributed by atoms with van der Waals surface area (Å²) in [5, 5.41) is 20.0. The van der Waals surface area contributed by atoms with Gasteiger partial charge in [-0.25, -0.2) is 4.68 Å². The molecule has 2 saturated heterocycles. The molecule has 4 rings (SSSR count). The minimum Gasteiger partial charge on any atom is -0.393 e. The average molecular weight is 345 g/mol. The van der Waals surface area contributed by atoms with E-state index in [1.54, 1.807) is 10.9 Å². The molecule has 1 saturated carbocycles. The molecule has 7 nitrogen and oxygen atoms in total. The summed E-state index contributed by atoms with van der Waals surface area (Å²) in [7, 11) is 0. The van der Waals surface area contributed by atoms with Crippen LogP contribution in [-0.4, -0.2) is 50.9 Å². The van der Waals surface area contributed by atoms with Gasteiger partial charge in [-0.1, -0.05) is 5.21 Å². The predicted molar refractivity (Wildman–Crippen MR) is 72.8 cm³/mol. The highest BCUT2D eigenvalue weighted by Crippen LogP contribution is 2.61. The molecule has 2 bridgehead atoms. The number of carbonyl (C=O) groups excluding carboxylic acids is 1. The van der Waals surface area contributed by atoms with E-state index in [1.165, 1.54) is 0 Å². The third kappa shape index (κ3) is 2.06. The van der Waals surface area contributed by atoms with Crippen molar-refractivity contribution in [3.05, 3.63) is 10.8 Å². The van der Waals surface area contributed by atoms with E-state index >= 15 is 0 Å². The van der Waals surface area contributed by atoms with Crippen LogP contribution in [0, 0.1) is 5.41 Å². The molecular weight excluding hydrogens is 328 g/mol. The molecule has 1 atom stereocenters. The molecule has 1 amide bonds. The zero-order valence-electron chi connectivity index (χ0n) is 11.2. The molecule has 0 radical (unpaired) electrons. The van der Waals surface area contributed by atoms with Crippen LogP contribution in [0.25, 0.3) is 0 Å². The number of aromatic nitrogens is 3. The average Bonchev–Trinajstić information content (AvgIpc) is 2.99. The van der Waals surface area contributed by atoms with E-state index < -0.39 is 11.0 Å². The van der Waals surface area contributed by atoms with Gasteiger partial charge in [0.15, 0.2) is 0 Å². The van der Waals surface area contributed by atoms with Crippen LogP contribution in [0.1, 0.15) is 19.8 Å². The first-order valence-corrected chi connectivity index (χ1v) is 7.42. The monoisotopic (exact) mass is 344 g/mol. The lowest BCUT2D eigenvalue weighted by Gasteiger charge is -2.42. The number of halogens is 1. The Morgan fingerprint density at radius 1 is 1.70 bits per heavy atom. The molecule has 0 aromatic carbocycles. The van der Waals surface area contributed by atoms with Gasteiger partial charge in [-0.05, 0) is 35.7 Å². The molecule has 0 spiro atoms. The number of ether oxygens (including phenoxy) is 1. The Kier molecular flexibility index (Phi) is 3.34. The zero-order chi connectivity index (χ0) is 14.4. The van der Waals surface area contributed by atoms with Crippen molar-refractivity contribution in [3.63, 3.8) is 0 Å². The van der Waals surface area contributed by atoms with Gasteiger partial charge in [0.1, 0.15) is 4.60 Å². The normalized spacial score (nSPS) is 34.9. The summed E-state index contributed by atoms with van der Waals surface area (Å²) in [4.78, 5) is 12.3. The second kappa shape index (κ2) is 4.78. The fourth-order valence-electron chi connectivity index (χ4n) is 3.29. The molecule has 1 unspecified atom stereocenters. The van der Waals surface area contributed by atoms with Gasteiger partial charge in [0.2, 0.25) is 5.91 Å². The molecule has 2 aliphatic heterocycles. The second-order valence-electron chi connectivity index (χ2n) is 5.67. The first kappa shape index (κ1) is 14.0. The van der Waals surface area contributed by atoms with Gasteiger partial charge in [0.05, 0.1) is 36.5 Å².